The zero-order chi connectivity index (χ0) is 29.2. The van der Waals surface area contributed by atoms with Crippen LogP contribution in [-0.4, -0.2) is 40.3 Å². The zero-order valence-corrected chi connectivity index (χ0v) is 25.4. The summed E-state index contributed by atoms with van der Waals surface area (Å²) in [6, 6.07) is 10.7. The Kier molecular flexibility index (Phi) is 12.0. The highest BCUT2D eigenvalue weighted by atomic mass is 32.2. The first-order valence-electron chi connectivity index (χ1n) is 13.8. The number of carbonyl (C=O) groups excluding carboxylic acids is 2. The summed E-state index contributed by atoms with van der Waals surface area (Å²) in [4.78, 5) is 25.5. The minimum absolute atomic E-state index is 0.0961. The van der Waals surface area contributed by atoms with Gasteiger partial charge in [-0.3, -0.25) is 9.59 Å². The largest absolute Gasteiger partial charge is 0.496 e. The Morgan fingerprint density at radius 1 is 0.974 bits per heavy atom. The molecule has 0 aliphatic heterocycles. The van der Waals surface area contributed by atoms with Crippen molar-refractivity contribution in [1.29, 1.82) is 0 Å². The molecular weight excluding hydrogens is 514 g/mol. The van der Waals surface area contributed by atoms with Gasteiger partial charge in [0.1, 0.15) is 5.75 Å². The molecule has 0 aliphatic rings. The second-order valence-electron chi connectivity index (χ2n) is 11.1. The fourth-order valence-electron chi connectivity index (χ4n) is 4.62. The number of benzene rings is 2. The number of sulfone groups is 1. The second kappa shape index (κ2) is 14.5. The van der Waals surface area contributed by atoms with Crippen LogP contribution in [0.3, 0.4) is 0 Å². The van der Waals surface area contributed by atoms with E-state index >= 15 is 0 Å². The maximum atomic E-state index is 13.4. The van der Waals surface area contributed by atoms with E-state index in [2.05, 4.69) is 33.0 Å². The quantitative estimate of drug-likeness (QED) is 0.262. The lowest BCUT2D eigenvalue weighted by Gasteiger charge is -2.25. The summed E-state index contributed by atoms with van der Waals surface area (Å²) in [5.74, 6) is -0.0690. The van der Waals surface area contributed by atoms with Crippen LogP contribution in [0.2, 0.25) is 0 Å². The molecule has 0 radical (unpaired) electrons. The molecule has 1 unspecified atom stereocenters. The Morgan fingerprint density at radius 2 is 1.67 bits per heavy atom. The van der Waals surface area contributed by atoms with E-state index in [1.807, 2.05) is 25.1 Å². The van der Waals surface area contributed by atoms with Crippen molar-refractivity contribution in [2.75, 3.05) is 25.3 Å². The third-order valence-corrected chi connectivity index (χ3v) is 8.65. The Morgan fingerprint density at radius 3 is 2.26 bits per heavy atom. The van der Waals surface area contributed by atoms with Gasteiger partial charge in [0, 0.05) is 12.1 Å². The molecule has 2 rings (SSSR count). The van der Waals surface area contributed by atoms with Gasteiger partial charge in [-0.05, 0) is 59.1 Å². The first kappa shape index (κ1) is 32.3. The average molecular weight is 560 g/mol. The molecule has 0 spiro atoms. The molecule has 2 aromatic carbocycles. The molecule has 0 saturated carbocycles. The third kappa shape index (κ3) is 9.38. The van der Waals surface area contributed by atoms with Gasteiger partial charge < -0.3 is 14.8 Å². The van der Waals surface area contributed by atoms with E-state index < -0.39 is 9.84 Å². The fourth-order valence-corrected chi connectivity index (χ4v) is 6.08. The molecule has 0 aliphatic carbocycles. The molecule has 0 saturated heterocycles. The van der Waals surface area contributed by atoms with E-state index in [1.54, 1.807) is 18.2 Å². The van der Waals surface area contributed by atoms with E-state index in [1.165, 1.54) is 14.2 Å². The molecule has 1 N–H and O–H groups in total. The topological polar surface area (TPSA) is 98.8 Å². The summed E-state index contributed by atoms with van der Waals surface area (Å²) < 4.78 is 36.0. The number of rotatable bonds is 14. The Hall–Kier alpha value is -2.87. The highest BCUT2D eigenvalue weighted by molar-refractivity contribution is 7.91. The summed E-state index contributed by atoms with van der Waals surface area (Å²) in [5.41, 5.74) is 3.00. The Balaban J connectivity index is 2.38. The van der Waals surface area contributed by atoms with Crippen molar-refractivity contribution in [3.63, 3.8) is 0 Å². The predicted molar refractivity (Wildman–Crippen MR) is 156 cm³/mol. The van der Waals surface area contributed by atoms with Gasteiger partial charge in [-0.25, -0.2) is 8.42 Å². The lowest BCUT2D eigenvalue weighted by atomic mass is 9.84. The number of esters is 1. The van der Waals surface area contributed by atoms with Gasteiger partial charge >= 0.3 is 5.97 Å². The van der Waals surface area contributed by atoms with Crippen molar-refractivity contribution >= 4 is 27.4 Å². The van der Waals surface area contributed by atoms with Crippen LogP contribution in [0.25, 0.3) is 0 Å². The molecule has 0 bridgehead atoms. The van der Waals surface area contributed by atoms with E-state index in [0.29, 0.717) is 17.9 Å². The third-order valence-electron chi connectivity index (χ3n) is 6.85. The summed E-state index contributed by atoms with van der Waals surface area (Å²) in [6.45, 7) is 10.3. The van der Waals surface area contributed by atoms with Gasteiger partial charge in [0.05, 0.1) is 31.3 Å². The molecule has 0 heterocycles. The molecule has 1 amide bonds. The standard InChI is InChI=1S/C31H45NO6S/c1-8-10-12-23(25-15-14-24(21-28(25)37-6)39(35,36)17-11-9-2)20-29(33)32-27-18-22(19-30(34)38-7)13-16-26(27)31(3,4)5/h13-16,18,21,23H,8-12,17,19-20H2,1-7H3,(H,32,33). The monoisotopic (exact) mass is 559 g/mol. The van der Waals surface area contributed by atoms with E-state index in [-0.39, 0.29) is 46.7 Å². The summed E-state index contributed by atoms with van der Waals surface area (Å²) in [7, 11) is -0.522. The first-order valence-corrected chi connectivity index (χ1v) is 15.4. The highest BCUT2D eigenvalue weighted by Gasteiger charge is 2.25. The molecule has 1 atom stereocenters. The van der Waals surface area contributed by atoms with Crippen molar-refractivity contribution in [1.82, 2.24) is 0 Å². The smallest absolute Gasteiger partial charge is 0.309 e. The van der Waals surface area contributed by atoms with E-state index in [9.17, 15) is 18.0 Å². The predicted octanol–water partition coefficient (Wildman–Crippen LogP) is 6.58. The number of unbranched alkanes of at least 4 members (excludes halogenated alkanes) is 2. The van der Waals surface area contributed by atoms with Crippen LogP contribution < -0.4 is 10.1 Å². The number of methoxy groups -OCH3 is 2. The molecule has 0 fully saturated rings. The molecule has 8 heteroatoms. The lowest BCUT2D eigenvalue weighted by molar-refractivity contribution is -0.139. The SMILES string of the molecule is CCCCC(CC(=O)Nc1cc(CC(=O)OC)ccc1C(C)(C)C)c1ccc(S(=O)(=O)CCCC)cc1OC. The van der Waals surface area contributed by atoms with Crippen LogP contribution >= 0.6 is 0 Å². The number of amides is 1. The maximum Gasteiger partial charge on any atom is 0.309 e. The number of hydrogen-bond donors (Lipinski definition) is 1. The van der Waals surface area contributed by atoms with Gasteiger partial charge in [0.2, 0.25) is 5.91 Å². The molecule has 39 heavy (non-hydrogen) atoms. The lowest BCUT2D eigenvalue weighted by Crippen LogP contribution is -2.21. The van der Waals surface area contributed by atoms with Crippen LogP contribution in [-0.2, 0) is 36.0 Å². The van der Waals surface area contributed by atoms with Crippen LogP contribution in [0.15, 0.2) is 41.3 Å². The van der Waals surface area contributed by atoms with Gasteiger partial charge in [-0.1, -0.05) is 72.1 Å². The van der Waals surface area contributed by atoms with Crippen molar-refractivity contribution in [3.8, 4) is 5.75 Å². The van der Waals surface area contributed by atoms with Gasteiger partial charge in [0.15, 0.2) is 9.84 Å². The summed E-state index contributed by atoms with van der Waals surface area (Å²) in [6.07, 6.45) is 4.37. The Labute approximate surface area is 234 Å². The molecular formula is C31H45NO6S. The minimum atomic E-state index is -3.40. The van der Waals surface area contributed by atoms with E-state index in [4.69, 9.17) is 9.47 Å². The number of ether oxygens (including phenoxy) is 2. The highest BCUT2D eigenvalue weighted by Crippen LogP contribution is 2.36. The number of carbonyl (C=O) groups is 2. The molecule has 216 valence electrons. The van der Waals surface area contributed by atoms with Gasteiger partial charge in [-0.15, -0.1) is 0 Å². The number of hydrogen-bond acceptors (Lipinski definition) is 6. The zero-order valence-electron chi connectivity index (χ0n) is 24.6. The fraction of sp³-hybridized carbons (Fsp3) is 0.548. The normalized spacial score (nSPS) is 12.6. The Bertz CT molecular complexity index is 1230. The summed E-state index contributed by atoms with van der Waals surface area (Å²) in [5, 5.41) is 3.09. The van der Waals surface area contributed by atoms with Gasteiger partial charge in [-0.2, -0.15) is 0 Å². The first-order chi connectivity index (χ1) is 18.4. The molecule has 7 nitrogen and oxygen atoms in total. The van der Waals surface area contributed by atoms with Crippen LogP contribution in [0.1, 0.15) is 95.8 Å². The average Bonchev–Trinajstić information content (AvgIpc) is 2.88. The van der Waals surface area contributed by atoms with Crippen LogP contribution in [0.4, 0.5) is 5.69 Å². The van der Waals surface area contributed by atoms with Gasteiger partial charge in [0.25, 0.3) is 0 Å². The van der Waals surface area contributed by atoms with Crippen LogP contribution in [0, 0.1) is 0 Å². The minimum Gasteiger partial charge on any atom is -0.496 e. The van der Waals surface area contributed by atoms with Crippen molar-refractivity contribution in [2.24, 2.45) is 0 Å². The van der Waals surface area contributed by atoms with Crippen molar-refractivity contribution < 1.29 is 27.5 Å². The molecule has 2 aromatic rings. The number of anilines is 1. The van der Waals surface area contributed by atoms with Crippen molar-refractivity contribution in [2.45, 2.75) is 95.8 Å². The van der Waals surface area contributed by atoms with E-state index in [0.717, 1.165) is 42.4 Å². The maximum absolute atomic E-state index is 13.4. The second-order valence-corrected chi connectivity index (χ2v) is 13.2. The summed E-state index contributed by atoms with van der Waals surface area (Å²) >= 11 is 0. The van der Waals surface area contributed by atoms with Crippen molar-refractivity contribution in [3.05, 3.63) is 53.1 Å². The number of nitrogens with one attached hydrogen (secondary N) is 1. The van der Waals surface area contributed by atoms with Crippen LogP contribution in [0.5, 0.6) is 5.75 Å². The molecule has 0 aromatic heterocycles.